The molecule has 0 radical (unpaired) electrons. The molecular formula is C21H22N4O3S. The smallest absolute Gasteiger partial charge is 0.255 e. The molecular weight excluding hydrogens is 388 g/mol. The molecule has 0 bridgehead atoms. The second kappa shape index (κ2) is 9.88. The number of methoxy groups -OCH3 is 1. The van der Waals surface area contributed by atoms with Crippen molar-refractivity contribution in [3.63, 3.8) is 0 Å². The van der Waals surface area contributed by atoms with E-state index in [0.717, 1.165) is 16.9 Å². The number of aromatic amines is 1. The van der Waals surface area contributed by atoms with E-state index in [1.165, 1.54) is 11.8 Å². The molecule has 1 amide bonds. The van der Waals surface area contributed by atoms with E-state index in [2.05, 4.69) is 20.3 Å². The Labute approximate surface area is 173 Å². The van der Waals surface area contributed by atoms with Crippen LogP contribution in [-0.2, 0) is 23.5 Å². The van der Waals surface area contributed by atoms with Crippen LogP contribution in [0.15, 0.2) is 58.7 Å². The van der Waals surface area contributed by atoms with Crippen molar-refractivity contribution in [1.29, 1.82) is 0 Å². The Hall–Kier alpha value is -3.13. The zero-order valence-electron chi connectivity index (χ0n) is 16.3. The number of pyridine rings is 1. The second-order valence-electron chi connectivity index (χ2n) is 6.38. The van der Waals surface area contributed by atoms with E-state index in [0.29, 0.717) is 28.7 Å². The predicted molar refractivity (Wildman–Crippen MR) is 112 cm³/mol. The molecule has 8 heteroatoms. The highest BCUT2D eigenvalue weighted by Crippen LogP contribution is 2.21. The third-order valence-corrected chi connectivity index (χ3v) is 5.23. The zero-order valence-corrected chi connectivity index (χ0v) is 17.1. The Morgan fingerprint density at radius 1 is 1.21 bits per heavy atom. The summed E-state index contributed by atoms with van der Waals surface area (Å²) in [5, 5.41) is 3.33. The maximum Gasteiger partial charge on any atom is 0.255 e. The van der Waals surface area contributed by atoms with Gasteiger partial charge in [0.15, 0.2) is 5.16 Å². The molecule has 0 fully saturated rings. The van der Waals surface area contributed by atoms with Gasteiger partial charge in [-0.05, 0) is 42.3 Å². The SMILES string of the molecule is COc1cccc(CSc2nc(C)c(CC(=O)NCc3ccncc3)c(=O)[nH]2)c1. The van der Waals surface area contributed by atoms with E-state index < -0.39 is 0 Å². The number of aryl methyl sites for hydroxylation is 1. The summed E-state index contributed by atoms with van der Waals surface area (Å²) in [6.45, 7) is 2.14. The van der Waals surface area contributed by atoms with E-state index in [1.807, 2.05) is 36.4 Å². The van der Waals surface area contributed by atoms with Crippen LogP contribution in [0.3, 0.4) is 0 Å². The molecule has 150 valence electrons. The molecule has 0 atom stereocenters. The van der Waals surface area contributed by atoms with Crippen LogP contribution in [0.4, 0.5) is 0 Å². The average Bonchev–Trinajstić information content (AvgIpc) is 2.74. The van der Waals surface area contributed by atoms with Gasteiger partial charge in [0.05, 0.1) is 13.5 Å². The van der Waals surface area contributed by atoms with Crippen LogP contribution in [0, 0.1) is 6.92 Å². The molecule has 3 aromatic rings. The molecule has 0 aliphatic rings. The zero-order chi connectivity index (χ0) is 20.6. The number of ether oxygens (including phenoxy) is 1. The second-order valence-corrected chi connectivity index (χ2v) is 7.35. The van der Waals surface area contributed by atoms with Gasteiger partial charge >= 0.3 is 0 Å². The molecule has 29 heavy (non-hydrogen) atoms. The Morgan fingerprint density at radius 3 is 2.72 bits per heavy atom. The number of carbonyl (C=O) groups excluding carboxylic acids is 1. The molecule has 0 aliphatic carbocycles. The number of aromatic nitrogens is 3. The minimum Gasteiger partial charge on any atom is -0.497 e. The van der Waals surface area contributed by atoms with Gasteiger partial charge in [-0.2, -0.15) is 0 Å². The van der Waals surface area contributed by atoms with Gasteiger partial charge in [0.25, 0.3) is 5.56 Å². The van der Waals surface area contributed by atoms with Crippen molar-refractivity contribution >= 4 is 17.7 Å². The molecule has 0 saturated carbocycles. The topological polar surface area (TPSA) is 97.0 Å². The Morgan fingerprint density at radius 2 is 2.00 bits per heavy atom. The van der Waals surface area contributed by atoms with Gasteiger partial charge < -0.3 is 15.0 Å². The number of H-pyrrole nitrogens is 1. The lowest BCUT2D eigenvalue weighted by molar-refractivity contribution is -0.120. The minimum absolute atomic E-state index is 0.0138. The Bertz CT molecular complexity index is 1040. The molecule has 2 heterocycles. The molecule has 0 unspecified atom stereocenters. The van der Waals surface area contributed by atoms with Crippen LogP contribution in [0.5, 0.6) is 5.75 Å². The normalized spacial score (nSPS) is 10.6. The largest absolute Gasteiger partial charge is 0.497 e. The number of benzene rings is 1. The third-order valence-electron chi connectivity index (χ3n) is 4.29. The van der Waals surface area contributed by atoms with Crippen molar-refractivity contribution in [3.8, 4) is 5.75 Å². The molecule has 1 aromatic carbocycles. The van der Waals surface area contributed by atoms with Crippen molar-refractivity contribution < 1.29 is 9.53 Å². The number of nitrogens with zero attached hydrogens (tertiary/aromatic N) is 2. The molecule has 0 spiro atoms. The first-order valence-electron chi connectivity index (χ1n) is 9.06. The van der Waals surface area contributed by atoms with Gasteiger partial charge in [-0.15, -0.1) is 0 Å². The fourth-order valence-electron chi connectivity index (χ4n) is 2.70. The highest BCUT2D eigenvalue weighted by Gasteiger charge is 2.13. The first kappa shape index (κ1) is 20.6. The van der Waals surface area contributed by atoms with E-state index in [-0.39, 0.29) is 17.9 Å². The summed E-state index contributed by atoms with van der Waals surface area (Å²) in [5.41, 5.74) is 2.66. The summed E-state index contributed by atoms with van der Waals surface area (Å²) in [7, 11) is 1.63. The third kappa shape index (κ3) is 5.92. The lowest BCUT2D eigenvalue weighted by Gasteiger charge is -2.09. The van der Waals surface area contributed by atoms with Gasteiger partial charge in [0.2, 0.25) is 5.91 Å². The standard InChI is InChI=1S/C21H22N4O3S/c1-14-18(11-19(26)23-12-15-6-8-22-9-7-15)20(27)25-21(24-14)29-13-16-4-3-5-17(10-16)28-2/h3-10H,11-13H2,1-2H3,(H,23,26)(H,24,25,27). The molecule has 7 nitrogen and oxygen atoms in total. The highest BCUT2D eigenvalue weighted by molar-refractivity contribution is 7.98. The summed E-state index contributed by atoms with van der Waals surface area (Å²) >= 11 is 1.43. The van der Waals surface area contributed by atoms with Crippen LogP contribution in [0.25, 0.3) is 0 Å². The fraction of sp³-hybridized carbons (Fsp3) is 0.238. The number of hydrogen-bond donors (Lipinski definition) is 2. The number of rotatable bonds is 8. The van der Waals surface area contributed by atoms with Gasteiger partial charge in [0, 0.05) is 35.9 Å². The Balaban J connectivity index is 1.61. The lowest BCUT2D eigenvalue weighted by Crippen LogP contribution is -2.28. The quantitative estimate of drug-likeness (QED) is 0.438. The van der Waals surface area contributed by atoms with Gasteiger partial charge in [-0.25, -0.2) is 4.98 Å². The van der Waals surface area contributed by atoms with Crippen molar-refractivity contribution in [2.75, 3.05) is 7.11 Å². The number of hydrogen-bond acceptors (Lipinski definition) is 6. The predicted octanol–water partition coefficient (Wildman–Crippen LogP) is 2.63. The monoisotopic (exact) mass is 410 g/mol. The van der Waals surface area contributed by atoms with Crippen LogP contribution >= 0.6 is 11.8 Å². The average molecular weight is 410 g/mol. The first-order valence-corrected chi connectivity index (χ1v) is 10.0. The van der Waals surface area contributed by atoms with Crippen molar-refractivity contribution in [1.82, 2.24) is 20.3 Å². The van der Waals surface area contributed by atoms with Gasteiger partial charge in [-0.3, -0.25) is 14.6 Å². The van der Waals surface area contributed by atoms with Gasteiger partial charge in [0.1, 0.15) is 5.75 Å². The highest BCUT2D eigenvalue weighted by atomic mass is 32.2. The summed E-state index contributed by atoms with van der Waals surface area (Å²) in [4.78, 5) is 35.8. The maximum atomic E-state index is 12.5. The van der Waals surface area contributed by atoms with E-state index >= 15 is 0 Å². The lowest BCUT2D eigenvalue weighted by atomic mass is 10.1. The first-order chi connectivity index (χ1) is 14.0. The fourth-order valence-corrected chi connectivity index (χ4v) is 3.55. The van der Waals surface area contributed by atoms with Crippen LogP contribution in [0.2, 0.25) is 0 Å². The van der Waals surface area contributed by atoms with Crippen LogP contribution in [-0.4, -0.2) is 28.0 Å². The molecule has 2 N–H and O–H groups in total. The summed E-state index contributed by atoms with van der Waals surface area (Å²) in [6, 6.07) is 11.4. The number of carbonyl (C=O) groups is 1. The van der Waals surface area contributed by atoms with Crippen LogP contribution < -0.4 is 15.6 Å². The molecule has 2 aromatic heterocycles. The van der Waals surface area contributed by atoms with Crippen molar-refractivity contribution in [2.45, 2.75) is 30.8 Å². The van der Waals surface area contributed by atoms with Crippen molar-refractivity contribution in [2.24, 2.45) is 0 Å². The van der Waals surface area contributed by atoms with Crippen LogP contribution in [0.1, 0.15) is 22.4 Å². The maximum absolute atomic E-state index is 12.5. The molecule has 0 aliphatic heterocycles. The minimum atomic E-state index is -0.287. The molecule has 3 rings (SSSR count). The van der Waals surface area contributed by atoms with E-state index in [1.54, 1.807) is 26.4 Å². The van der Waals surface area contributed by atoms with Gasteiger partial charge in [-0.1, -0.05) is 23.9 Å². The molecule has 0 saturated heterocycles. The number of thioether (sulfide) groups is 1. The number of amides is 1. The number of nitrogens with one attached hydrogen (secondary N) is 2. The Kier molecular flexibility index (Phi) is 7.02. The summed E-state index contributed by atoms with van der Waals surface area (Å²) in [6.07, 6.45) is 3.32. The van der Waals surface area contributed by atoms with E-state index in [9.17, 15) is 9.59 Å². The van der Waals surface area contributed by atoms with Crippen molar-refractivity contribution in [3.05, 3.63) is 81.5 Å². The van der Waals surface area contributed by atoms with E-state index in [4.69, 9.17) is 4.74 Å². The summed E-state index contributed by atoms with van der Waals surface area (Å²) < 4.78 is 5.22. The summed E-state index contributed by atoms with van der Waals surface area (Å²) in [5.74, 6) is 1.20.